The van der Waals surface area contributed by atoms with Crippen LogP contribution in [0.1, 0.15) is 23.5 Å². The molecule has 6 nitrogen and oxygen atoms in total. The van der Waals surface area contributed by atoms with Crippen LogP contribution in [-0.4, -0.2) is 42.4 Å². The molecule has 1 saturated heterocycles. The smallest absolute Gasteiger partial charge is 0.408 e. The number of rotatable bonds is 4. The van der Waals surface area contributed by atoms with Crippen molar-refractivity contribution < 1.29 is 19.4 Å². The van der Waals surface area contributed by atoms with E-state index < -0.39 is 17.6 Å². The number of nitrogens with one attached hydrogen (secondary N) is 2. The standard InChI is InChI=1S/C20H20N2O4/c23-18(24)20(9-10-21-12-20)22-19(25)26-11-17-15-7-3-1-5-13(15)14-6-2-4-8-16(14)17/h1-8,17,21H,9-12H2,(H,22,25)(H,23,24)/t20-/m1/s1. The Morgan fingerprint density at radius 1 is 1.12 bits per heavy atom. The molecule has 2 aromatic rings. The Morgan fingerprint density at radius 3 is 2.27 bits per heavy atom. The highest BCUT2D eigenvalue weighted by atomic mass is 16.5. The third-order valence-electron chi connectivity index (χ3n) is 5.25. The Morgan fingerprint density at radius 2 is 1.73 bits per heavy atom. The summed E-state index contributed by atoms with van der Waals surface area (Å²) in [6, 6.07) is 16.2. The molecule has 3 N–H and O–H groups in total. The van der Waals surface area contributed by atoms with Crippen LogP contribution in [0.4, 0.5) is 4.79 Å². The third-order valence-corrected chi connectivity index (χ3v) is 5.25. The number of amides is 1. The summed E-state index contributed by atoms with van der Waals surface area (Å²) < 4.78 is 5.44. The lowest BCUT2D eigenvalue weighted by Gasteiger charge is -2.24. The molecule has 6 heteroatoms. The number of carboxylic acid groups (broad SMARTS) is 1. The highest BCUT2D eigenvalue weighted by Gasteiger charge is 2.43. The Kier molecular flexibility index (Phi) is 4.12. The number of hydrogen-bond donors (Lipinski definition) is 3. The van der Waals surface area contributed by atoms with E-state index in [1.54, 1.807) is 0 Å². The second kappa shape index (κ2) is 6.46. The minimum Gasteiger partial charge on any atom is -0.479 e. The molecule has 1 heterocycles. The molecule has 1 amide bonds. The van der Waals surface area contributed by atoms with Crippen molar-refractivity contribution in [2.24, 2.45) is 0 Å². The lowest BCUT2D eigenvalue weighted by molar-refractivity contribution is -0.143. The van der Waals surface area contributed by atoms with Crippen molar-refractivity contribution in [3.8, 4) is 11.1 Å². The number of carboxylic acids is 1. The minimum absolute atomic E-state index is 0.0457. The van der Waals surface area contributed by atoms with Crippen LogP contribution < -0.4 is 10.6 Å². The van der Waals surface area contributed by atoms with Crippen LogP contribution in [0, 0.1) is 0 Å². The molecule has 0 aromatic heterocycles. The molecule has 2 aliphatic rings. The fourth-order valence-electron chi connectivity index (χ4n) is 3.86. The number of aliphatic carboxylic acids is 1. The van der Waals surface area contributed by atoms with Crippen molar-refractivity contribution in [1.82, 2.24) is 10.6 Å². The van der Waals surface area contributed by atoms with E-state index in [1.165, 1.54) is 0 Å². The van der Waals surface area contributed by atoms with Gasteiger partial charge in [0.1, 0.15) is 6.61 Å². The fourth-order valence-corrected chi connectivity index (χ4v) is 3.86. The van der Waals surface area contributed by atoms with Gasteiger partial charge in [-0.15, -0.1) is 0 Å². The highest BCUT2D eigenvalue weighted by Crippen LogP contribution is 2.44. The Bertz CT molecular complexity index is 813. The van der Waals surface area contributed by atoms with Gasteiger partial charge >= 0.3 is 12.1 Å². The molecule has 4 rings (SSSR count). The number of alkyl carbamates (subject to hydrolysis) is 1. The van der Waals surface area contributed by atoms with Crippen LogP contribution >= 0.6 is 0 Å². The zero-order valence-electron chi connectivity index (χ0n) is 14.2. The van der Waals surface area contributed by atoms with Crippen molar-refractivity contribution in [1.29, 1.82) is 0 Å². The van der Waals surface area contributed by atoms with Gasteiger partial charge in [-0.1, -0.05) is 48.5 Å². The summed E-state index contributed by atoms with van der Waals surface area (Å²) in [5.74, 6) is -1.09. The van der Waals surface area contributed by atoms with Gasteiger partial charge in [-0.25, -0.2) is 9.59 Å². The molecule has 0 bridgehead atoms. The van der Waals surface area contributed by atoms with Crippen molar-refractivity contribution in [3.63, 3.8) is 0 Å². The highest BCUT2D eigenvalue weighted by molar-refractivity contribution is 5.85. The lowest BCUT2D eigenvalue weighted by atomic mass is 9.98. The summed E-state index contributed by atoms with van der Waals surface area (Å²) in [5, 5.41) is 15.0. The van der Waals surface area contributed by atoms with Crippen LogP contribution in [0.5, 0.6) is 0 Å². The second-order valence-corrected chi connectivity index (χ2v) is 6.76. The summed E-state index contributed by atoms with van der Waals surface area (Å²) in [7, 11) is 0. The van der Waals surface area contributed by atoms with E-state index in [9.17, 15) is 14.7 Å². The average Bonchev–Trinajstić information content (AvgIpc) is 3.24. The number of hydrogen-bond acceptors (Lipinski definition) is 4. The number of ether oxygens (including phenoxy) is 1. The fraction of sp³-hybridized carbons (Fsp3) is 0.300. The maximum atomic E-state index is 12.3. The first kappa shape index (κ1) is 16.6. The number of carbonyl (C=O) groups is 2. The molecule has 1 atom stereocenters. The number of fused-ring (bicyclic) bond motifs is 3. The van der Waals surface area contributed by atoms with Gasteiger partial charge in [0, 0.05) is 12.5 Å². The van der Waals surface area contributed by atoms with Crippen molar-refractivity contribution in [2.75, 3.05) is 19.7 Å². The Balaban J connectivity index is 1.50. The van der Waals surface area contributed by atoms with E-state index in [2.05, 4.69) is 22.8 Å². The van der Waals surface area contributed by atoms with Crippen LogP contribution in [0.15, 0.2) is 48.5 Å². The maximum absolute atomic E-state index is 12.3. The first-order chi connectivity index (χ1) is 12.6. The van der Waals surface area contributed by atoms with Gasteiger partial charge < -0.3 is 20.5 Å². The summed E-state index contributed by atoms with van der Waals surface area (Å²) in [6.07, 6.45) is -0.357. The minimum atomic E-state index is -1.29. The maximum Gasteiger partial charge on any atom is 0.408 e. The van der Waals surface area contributed by atoms with E-state index in [-0.39, 0.29) is 19.1 Å². The van der Waals surface area contributed by atoms with Crippen LogP contribution in [-0.2, 0) is 9.53 Å². The summed E-state index contributed by atoms with van der Waals surface area (Å²) in [4.78, 5) is 23.8. The van der Waals surface area contributed by atoms with Gasteiger partial charge in [-0.05, 0) is 35.2 Å². The van der Waals surface area contributed by atoms with Gasteiger partial charge in [0.05, 0.1) is 0 Å². The Labute approximate surface area is 151 Å². The van der Waals surface area contributed by atoms with Crippen molar-refractivity contribution in [2.45, 2.75) is 17.9 Å². The molecular formula is C20H20N2O4. The molecular weight excluding hydrogens is 332 g/mol. The number of carbonyl (C=O) groups excluding carboxylic acids is 1. The molecule has 0 saturated carbocycles. The van der Waals surface area contributed by atoms with Gasteiger partial charge in [-0.3, -0.25) is 0 Å². The molecule has 2 aromatic carbocycles. The molecule has 0 unspecified atom stereocenters. The van der Waals surface area contributed by atoms with E-state index in [0.717, 1.165) is 22.3 Å². The zero-order valence-corrected chi connectivity index (χ0v) is 14.2. The van der Waals surface area contributed by atoms with Gasteiger partial charge in [0.15, 0.2) is 5.54 Å². The van der Waals surface area contributed by atoms with E-state index in [0.29, 0.717) is 13.0 Å². The van der Waals surface area contributed by atoms with E-state index in [1.807, 2.05) is 36.4 Å². The predicted octanol–water partition coefficient (Wildman–Crippen LogP) is 2.34. The van der Waals surface area contributed by atoms with Gasteiger partial charge in [0.2, 0.25) is 0 Å². The quantitative estimate of drug-likeness (QED) is 0.786. The SMILES string of the molecule is O=C(N[C@]1(C(=O)O)CCNC1)OCC1c2ccccc2-c2ccccc21. The molecule has 26 heavy (non-hydrogen) atoms. The summed E-state index contributed by atoms with van der Waals surface area (Å²) in [5.41, 5.74) is 3.26. The average molecular weight is 352 g/mol. The monoisotopic (exact) mass is 352 g/mol. The van der Waals surface area contributed by atoms with Crippen LogP contribution in [0.2, 0.25) is 0 Å². The first-order valence-electron chi connectivity index (χ1n) is 8.68. The van der Waals surface area contributed by atoms with Gasteiger partial charge in [0.25, 0.3) is 0 Å². The molecule has 134 valence electrons. The first-order valence-corrected chi connectivity index (χ1v) is 8.68. The zero-order chi connectivity index (χ0) is 18.1. The normalized spacial score (nSPS) is 21.1. The molecule has 1 fully saturated rings. The lowest BCUT2D eigenvalue weighted by Crippen LogP contribution is -2.56. The topological polar surface area (TPSA) is 87.7 Å². The largest absolute Gasteiger partial charge is 0.479 e. The molecule has 0 spiro atoms. The van der Waals surface area contributed by atoms with Crippen molar-refractivity contribution >= 4 is 12.1 Å². The van der Waals surface area contributed by atoms with E-state index >= 15 is 0 Å². The molecule has 0 radical (unpaired) electrons. The summed E-state index contributed by atoms with van der Waals surface area (Å²) in [6.45, 7) is 0.922. The van der Waals surface area contributed by atoms with Crippen LogP contribution in [0.25, 0.3) is 11.1 Å². The number of benzene rings is 2. The predicted molar refractivity (Wildman–Crippen MR) is 96.1 cm³/mol. The Hall–Kier alpha value is -2.86. The third kappa shape index (κ3) is 2.72. The summed E-state index contributed by atoms with van der Waals surface area (Å²) >= 11 is 0. The van der Waals surface area contributed by atoms with E-state index in [4.69, 9.17) is 4.74 Å². The molecule has 1 aliphatic heterocycles. The van der Waals surface area contributed by atoms with Gasteiger partial charge in [-0.2, -0.15) is 0 Å². The second-order valence-electron chi connectivity index (χ2n) is 6.76. The van der Waals surface area contributed by atoms with Crippen LogP contribution in [0.3, 0.4) is 0 Å². The van der Waals surface area contributed by atoms with Crippen molar-refractivity contribution in [3.05, 3.63) is 59.7 Å². The molecule has 1 aliphatic carbocycles.